The molecule has 1 aliphatic heterocycles. The summed E-state index contributed by atoms with van der Waals surface area (Å²) < 4.78 is 15.7. The molecule has 8 heteroatoms. The number of carbonyl (C=O) groups excluding carboxylic acids is 3. The number of hydrogen-bond donors (Lipinski definition) is 1. The van der Waals surface area contributed by atoms with Crippen LogP contribution in [-0.4, -0.2) is 31.4 Å². The number of aryl methyl sites for hydroxylation is 2. The van der Waals surface area contributed by atoms with E-state index in [4.69, 9.17) is 13.9 Å². The normalized spacial score (nSPS) is 12.7. The van der Waals surface area contributed by atoms with Crippen molar-refractivity contribution < 1.29 is 28.3 Å². The number of carbonyl (C=O) groups is 3. The third kappa shape index (κ3) is 4.79. The lowest BCUT2D eigenvalue weighted by atomic mass is 9.99. The fraction of sp³-hybridized carbons (Fsp3) is 0.280. The Kier molecular flexibility index (Phi) is 6.26. The number of rotatable bonds is 7. The van der Waals surface area contributed by atoms with E-state index in [1.807, 2.05) is 0 Å². The van der Waals surface area contributed by atoms with Crippen molar-refractivity contribution in [1.82, 2.24) is 0 Å². The van der Waals surface area contributed by atoms with Gasteiger partial charge in [-0.3, -0.25) is 14.4 Å². The smallest absolute Gasteiger partial charge is 0.339 e. The van der Waals surface area contributed by atoms with Crippen LogP contribution in [-0.2, 0) is 27.2 Å². The molecule has 1 amide bonds. The predicted molar refractivity (Wildman–Crippen MR) is 121 cm³/mol. The number of benzene rings is 2. The average Bonchev–Trinajstić information content (AvgIpc) is 2.81. The van der Waals surface area contributed by atoms with Gasteiger partial charge in [0.15, 0.2) is 12.4 Å². The van der Waals surface area contributed by atoms with E-state index in [9.17, 15) is 19.2 Å². The minimum atomic E-state index is -0.581. The summed E-state index contributed by atoms with van der Waals surface area (Å²) in [5, 5.41) is 3.52. The highest BCUT2D eigenvalue weighted by atomic mass is 16.5. The molecule has 0 saturated heterocycles. The van der Waals surface area contributed by atoms with Crippen molar-refractivity contribution in [2.45, 2.75) is 32.6 Å². The van der Waals surface area contributed by atoms with Crippen molar-refractivity contribution in [2.24, 2.45) is 0 Å². The fourth-order valence-corrected chi connectivity index (χ4v) is 3.88. The van der Waals surface area contributed by atoms with Crippen molar-refractivity contribution >= 4 is 34.3 Å². The zero-order valence-electron chi connectivity index (χ0n) is 18.4. The number of methoxy groups -OCH3 is 1. The molecular weight excluding hydrogens is 426 g/mol. The van der Waals surface area contributed by atoms with E-state index in [0.29, 0.717) is 41.0 Å². The second-order valence-corrected chi connectivity index (χ2v) is 7.86. The van der Waals surface area contributed by atoms with Crippen molar-refractivity contribution in [2.75, 3.05) is 19.0 Å². The summed E-state index contributed by atoms with van der Waals surface area (Å²) in [4.78, 5) is 48.5. The summed E-state index contributed by atoms with van der Waals surface area (Å²) in [7, 11) is 1.53. The summed E-state index contributed by atoms with van der Waals surface area (Å²) in [6, 6.07) is 10.2. The van der Waals surface area contributed by atoms with E-state index < -0.39 is 18.2 Å². The summed E-state index contributed by atoms with van der Waals surface area (Å²) in [5.74, 6) is -0.388. The molecule has 8 nitrogen and oxygen atoms in total. The van der Waals surface area contributed by atoms with Gasteiger partial charge < -0.3 is 19.2 Å². The monoisotopic (exact) mass is 449 g/mol. The third-order valence-electron chi connectivity index (χ3n) is 5.76. The van der Waals surface area contributed by atoms with Crippen LogP contribution in [0.1, 0.15) is 39.9 Å². The average molecular weight is 449 g/mol. The summed E-state index contributed by atoms with van der Waals surface area (Å²) >= 11 is 0. The van der Waals surface area contributed by atoms with Gasteiger partial charge in [0.1, 0.15) is 11.3 Å². The maximum Gasteiger partial charge on any atom is 0.339 e. The van der Waals surface area contributed by atoms with Gasteiger partial charge in [0, 0.05) is 41.1 Å². The maximum atomic E-state index is 12.4. The van der Waals surface area contributed by atoms with E-state index in [-0.39, 0.29) is 24.5 Å². The third-order valence-corrected chi connectivity index (χ3v) is 5.76. The molecule has 0 radical (unpaired) electrons. The molecular formula is C25H23NO7. The van der Waals surface area contributed by atoms with Crippen LogP contribution in [0.5, 0.6) is 5.75 Å². The first-order valence-corrected chi connectivity index (χ1v) is 10.6. The lowest BCUT2D eigenvalue weighted by molar-refractivity contribution is -0.142. The molecule has 0 atom stereocenters. The SMILES string of the molecule is COc1ccc2c(C)c(CCC(=O)OCC(=O)c3ccc4c(c3)CCC(=O)N4)c(=O)oc2c1. The zero-order chi connectivity index (χ0) is 23.5. The van der Waals surface area contributed by atoms with Crippen molar-refractivity contribution in [3.05, 3.63) is 69.1 Å². The molecule has 0 bridgehead atoms. The van der Waals surface area contributed by atoms with Gasteiger partial charge in [-0.05, 0) is 61.2 Å². The highest BCUT2D eigenvalue weighted by molar-refractivity contribution is 6.00. The number of nitrogens with one attached hydrogen (secondary N) is 1. The first-order chi connectivity index (χ1) is 15.9. The highest BCUT2D eigenvalue weighted by Crippen LogP contribution is 2.25. The molecule has 0 saturated carbocycles. The first kappa shape index (κ1) is 22.3. The Morgan fingerprint density at radius 1 is 1.09 bits per heavy atom. The van der Waals surface area contributed by atoms with Crippen molar-refractivity contribution in [3.8, 4) is 5.75 Å². The number of fused-ring (bicyclic) bond motifs is 2. The van der Waals surface area contributed by atoms with Gasteiger partial charge in [-0.15, -0.1) is 0 Å². The molecule has 0 unspecified atom stereocenters. The summed E-state index contributed by atoms with van der Waals surface area (Å²) in [5.41, 5.74) is 3.02. The molecule has 3 aromatic rings. The van der Waals surface area contributed by atoms with Gasteiger partial charge in [0.2, 0.25) is 5.91 Å². The minimum absolute atomic E-state index is 0.0501. The molecule has 0 spiro atoms. The Labute approximate surface area is 189 Å². The summed E-state index contributed by atoms with van der Waals surface area (Å²) in [6.45, 7) is 1.41. The molecule has 33 heavy (non-hydrogen) atoms. The second kappa shape index (κ2) is 9.28. The maximum absolute atomic E-state index is 12.4. The highest BCUT2D eigenvalue weighted by Gasteiger charge is 2.18. The van der Waals surface area contributed by atoms with Crippen LogP contribution in [0.3, 0.4) is 0 Å². The quantitative estimate of drug-likeness (QED) is 0.334. The van der Waals surface area contributed by atoms with Gasteiger partial charge in [0.05, 0.1) is 7.11 Å². The number of amides is 1. The Hall–Kier alpha value is -3.94. The molecule has 2 heterocycles. The van der Waals surface area contributed by atoms with Crippen molar-refractivity contribution in [1.29, 1.82) is 0 Å². The number of ketones is 1. The Balaban J connectivity index is 1.37. The molecule has 2 aromatic carbocycles. The Bertz CT molecular complexity index is 1320. The first-order valence-electron chi connectivity index (χ1n) is 10.6. The molecule has 1 aliphatic rings. The van der Waals surface area contributed by atoms with Crippen LogP contribution in [0.4, 0.5) is 5.69 Å². The topological polar surface area (TPSA) is 112 Å². The van der Waals surface area contributed by atoms with Gasteiger partial charge >= 0.3 is 11.6 Å². The van der Waals surface area contributed by atoms with Crippen LogP contribution in [0, 0.1) is 6.92 Å². The second-order valence-electron chi connectivity index (χ2n) is 7.86. The van der Waals surface area contributed by atoms with Gasteiger partial charge in [-0.1, -0.05) is 0 Å². The van der Waals surface area contributed by atoms with Crippen LogP contribution in [0.2, 0.25) is 0 Å². The van der Waals surface area contributed by atoms with E-state index >= 15 is 0 Å². The lowest BCUT2D eigenvalue weighted by Crippen LogP contribution is -2.20. The molecule has 0 aliphatic carbocycles. The number of anilines is 1. The standard InChI is InChI=1S/C25H23NO7/c1-14-18-6-5-17(31-2)12-22(18)33-25(30)19(14)7-10-24(29)32-13-21(27)16-3-8-20-15(11-16)4-9-23(28)26-20/h3,5-6,8,11-12H,4,7,9-10,13H2,1-2H3,(H,26,28). The summed E-state index contributed by atoms with van der Waals surface area (Å²) in [6.07, 6.45) is 1.01. The van der Waals surface area contributed by atoms with Gasteiger partial charge in [-0.2, -0.15) is 0 Å². The van der Waals surface area contributed by atoms with E-state index in [0.717, 1.165) is 16.5 Å². The minimum Gasteiger partial charge on any atom is -0.497 e. The van der Waals surface area contributed by atoms with Crippen LogP contribution in [0.25, 0.3) is 11.0 Å². The molecule has 1 aromatic heterocycles. The lowest BCUT2D eigenvalue weighted by Gasteiger charge is -2.17. The zero-order valence-corrected chi connectivity index (χ0v) is 18.4. The van der Waals surface area contributed by atoms with E-state index in [2.05, 4.69) is 5.32 Å². The number of Topliss-reactive ketones (excluding diaryl/α,β-unsaturated/α-hetero) is 1. The van der Waals surface area contributed by atoms with Crippen LogP contribution in [0.15, 0.2) is 45.6 Å². The van der Waals surface area contributed by atoms with Crippen LogP contribution < -0.4 is 15.7 Å². The number of ether oxygens (including phenoxy) is 2. The van der Waals surface area contributed by atoms with Crippen molar-refractivity contribution in [3.63, 3.8) is 0 Å². The van der Waals surface area contributed by atoms with Gasteiger partial charge in [0.25, 0.3) is 0 Å². The molecule has 1 N–H and O–H groups in total. The Morgan fingerprint density at radius 3 is 2.70 bits per heavy atom. The fourth-order valence-electron chi connectivity index (χ4n) is 3.88. The van der Waals surface area contributed by atoms with E-state index in [1.165, 1.54) is 7.11 Å². The predicted octanol–water partition coefficient (Wildman–Crippen LogP) is 3.35. The molecule has 4 rings (SSSR count). The van der Waals surface area contributed by atoms with E-state index in [1.54, 1.807) is 43.3 Å². The molecule has 0 fully saturated rings. The molecule has 170 valence electrons. The Morgan fingerprint density at radius 2 is 1.91 bits per heavy atom. The van der Waals surface area contributed by atoms with Crippen LogP contribution >= 0.6 is 0 Å². The number of hydrogen-bond acceptors (Lipinski definition) is 7. The largest absolute Gasteiger partial charge is 0.497 e. The number of esters is 1. The van der Waals surface area contributed by atoms with Gasteiger partial charge in [-0.25, -0.2) is 4.79 Å².